The molecule has 2 aromatic rings. The lowest BCUT2D eigenvalue weighted by molar-refractivity contribution is 0.258. The first-order valence-electron chi connectivity index (χ1n) is 5.83. The first kappa shape index (κ1) is 12.2. The Balaban J connectivity index is 2.10. The average Bonchev–Trinajstić information content (AvgIpc) is 2.39. The van der Waals surface area contributed by atoms with E-state index in [1.54, 1.807) is 11.9 Å². The van der Waals surface area contributed by atoms with E-state index in [0.29, 0.717) is 0 Å². The topological polar surface area (TPSA) is 32.3 Å². The molecule has 0 saturated heterocycles. The van der Waals surface area contributed by atoms with E-state index in [9.17, 15) is 4.79 Å². The van der Waals surface area contributed by atoms with Crippen molar-refractivity contribution >= 4 is 17.4 Å². The number of para-hydroxylation sites is 1. The summed E-state index contributed by atoms with van der Waals surface area (Å²) < 4.78 is 0. The third kappa shape index (κ3) is 2.88. The summed E-state index contributed by atoms with van der Waals surface area (Å²) >= 11 is 0. The monoisotopic (exact) mass is 240 g/mol. The molecular weight excluding hydrogens is 224 g/mol. The number of amides is 2. The highest BCUT2D eigenvalue weighted by atomic mass is 16.2. The van der Waals surface area contributed by atoms with Crippen LogP contribution in [-0.4, -0.2) is 13.1 Å². The van der Waals surface area contributed by atoms with Crippen LogP contribution < -0.4 is 10.2 Å². The second-order valence-electron chi connectivity index (χ2n) is 4.19. The van der Waals surface area contributed by atoms with Crippen molar-refractivity contribution in [2.24, 2.45) is 0 Å². The van der Waals surface area contributed by atoms with Crippen LogP contribution in [0.5, 0.6) is 0 Å². The molecule has 18 heavy (non-hydrogen) atoms. The lowest BCUT2D eigenvalue weighted by atomic mass is 10.2. The van der Waals surface area contributed by atoms with Crippen molar-refractivity contribution in [2.45, 2.75) is 6.92 Å². The Morgan fingerprint density at radius 2 is 1.78 bits per heavy atom. The van der Waals surface area contributed by atoms with Crippen LogP contribution in [0.3, 0.4) is 0 Å². The van der Waals surface area contributed by atoms with E-state index in [0.717, 1.165) is 16.9 Å². The van der Waals surface area contributed by atoms with Gasteiger partial charge in [-0.3, -0.25) is 4.90 Å². The number of carbonyl (C=O) groups is 1. The van der Waals surface area contributed by atoms with E-state index in [-0.39, 0.29) is 6.03 Å². The highest BCUT2D eigenvalue weighted by molar-refractivity contribution is 6.01. The normalized spacial score (nSPS) is 9.89. The lowest BCUT2D eigenvalue weighted by Crippen LogP contribution is -2.31. The number of carbonyl (C=O) groups excluding carboxylic acids is 1. The van der Waals surface area contributed by atoms with Crippen LogP contribution in [0.2, 0.25) is 0 Å². The molecule has 3 heteroatoms. The van der Waals surface area contributed by atoms with Gasteiger partial charge in [0.1, 0.15) is 0 Å². The Morgan fingerprint density at radius 1 is 1.06 bits per heavy atom. The third-order valence-electron chi connectivity index (χ3n) is 2.72. The van der Waals surface area contributed by atoms with Gasteiger partial charge >= 0.3 is 6.03 Å². The molecule has 0 aliphatic carbocycles. The van der Waals surface area contributed by atoms with Crippen molar-refractivity contribution in [3.8, 4) is 0 Å². The zero-order valence-electron chi connectivity index (χ0n) is 10.6. The molecule has 2 amide bonds. The SMILES string of the molecule is Cc1cccc(N(C)C(=O)Nc2ccccc2)c1. The van der Waals surface area contributed by atoms with Gasteiger partial charge in [0.05, 0.1) is 0 Å². The molecule has 0 aliphatic rings. The smallest absolute Gasteiger partial charge is 0.308 e. The molecule has 1 N–H and O–H groups in total. The first-order chi connectivity index (χ1) is 8.66. The van der Waals surface area contributed by atoms with E-state index >= 15 is 0 Å². The van der Waals surface area contributed by atoms with Gasteiger partial charge in [0.25, 0.3) is 0 Å². The van der Waals surface area contributed by atoms with Crippen molar-refractivity contribution < 1.29 is 4.79 Å². The number of nitrogens with zero attached hydrogens (tertiary/aromatic N) is 1. The molecular formula is C15H16N2O. The number of hydrogen-bond donors (Lipinski definition) is 1. The third-order valence-corrected chi connectivity index (χ3v) is 2.72. The molecule has 0 bridgehead atoms. The Labute approximate surface area is 107 Å². The molecule has 0 aromatic heterocycles. The molecule has 3 nitrogen and oxygen atoms in total. The summed E-state index contributed by atoms with van der Waals surface area (Å²) in [6.07, 6.45) is 0. The van der Waals surface area contributed by atoms with Crippen molar-refractivity contribution in [1.29, 1.82) is 0 Å². The molecule has 0 fully saturated rings. The minimum atomic E-state index is -0.146. The number of urea groups is 1. The van der Waals surface area contributed by atoms with Crippen molar-refractivity contribution in [2.75, 3.05) is 17.3 Å². The van der Waals surface area contributed by atoms with Gasteiger partial charge in [-0.2, -0.15) is 0 Å². The number of rotatable bonds is 2. The molecule has 0 spiro atoms. The summed E-state index contributed by atoms with van der Waals surface area (Å²) in [4.78, 5) is 13.6. The Bertz CT molecular complexity index is 537. The molecule has 2 aromatic carbocycles. The van der Waals surface area contributed by atoms with E-state index in [1.807, 2.05) is 61.5 Å². The average molecular weight is 240 g/mol. The van der Waals surface area contributed by atoms with Crippen molar-refractivity contribution in [3.05, 3.63) is 60.2 Å². The number of anilines is 2. The highest BCUT2D eigenvalue weighted by Crippen LogP contribution is 2.15. The Kier molecular flexibility index (Phi) is 3.63. The maximum atomic E-state index is 12.0. The molecule has 0 radical (unpaired) electrons. The second kappa shape index (κ2) is 5.36. The van der Waals surface area contributed by atoms with Gasteiger partial charge in [-0.05, 0) is 36.8 Å². The van der Waals surface area contributed by atoms with Crippen LogP contribution in [0.1, 0.15) is 5.56 Å². The van der Waals surface area contributed by atoms with Crippen LogP contribution in [0.15, 0.2) is 54.6 Å². The van der Waals surface area contributed by atoms with Crippen LogP contribution in [0.25, 0.3) is 0 Å². The fraction of sp³-hybridized carbons (Fsp3) is 0.133. The quantitative estimate of drug-likeness (QED) is 0.853. The zero-order valence-corrected chi connectivity index (χ0v) is 10.6. The van der Waals surface area contributed by atoms with Crippen LogP contribution >= 0.6 is 0 Å². The maximum Gasteiger partial charge on any atom is 0.326 e. The minimum absolute atomic E-state index is 0.146. The standard InChI is InChI=1S/C15H16N2O/c1-12-7-6-10-14(11-12)17(2)15(18)16-13-8-4-3-5-9-13/h3-11H,1-2H3,(H,16,18). The maximum absolute atomic E-state index is 12.0. The molecule has 0 heterocycles. The number of benzene rings is 2. The predicted octanol–water partition coefficient (Wildman–Crippen LogP) is 3.66. The van der Waals surface area contributed by atoms with Gasteiger partial charge in [-0.15, -0.1) is 0 Å². The van der Waals surface area contributed by atoms with Crippen LogP contribution in [0, 0.1) is 6.92 Å². The molecule has 0 saturated carbocycles. The molecule has 92 valence electrons. The van der Waals surface area contributed by atoms with Gasteiger partial charge in [-0.1, -0.05) is 30.3 Å². The number of hydrogen-bond acceptors (Lipinski definition) is 1. The van der Waals surface area contributed by atoms with Gasteiger partial charge < -0.3 is 5.32 Å². The van der Waals surface area contributed by atoms with E-state index in [4.69, 9.17) is 0 Å². The van der Waals surface area contributed by atoms with Crippen molar-refractivity contribution in [3.63, 3.8) is 0 Å². The van der Waals surface area contributed by atoms with Gasteiger partial charge in [0, 0.05) is 18.4 Å². The van der Waals surface area contributed by atoms with E-state index < -0.39 is 0 Å². The number of aryl methyl sites for hydroxylation is 1. The predicted molar refractivity (Wildman–Crippen MR) is 75.0 cm³/mol. The summed E-state index contributed by atoms with van der Waals surface area (Å²) in [5.74, 6) is 0. The van der Waals surface area contributed by atoms with Gasteiger partial charge in [0.2, 0.25) is 0 Å². The summed E-state index contributed by atoms with van der Waals surface area (Å²) in [6.45, 7) is 2.01. The summed E-state index contributed by atoms with van der Waals surface area (Å²) in [7, 11) is 1.76. The fourth-order valence-electron chi connectivity index (χ4n) is 1.68. The van der Waals surface area contributed by atoms with Gasteiger partial charge in [-0.25, -0.2) is 4.79 Å². The highest BCUT2D eigenvalue weighted by Gasteiger charge is 2.10. The van der Waals surface area contributed by atoms with E-state index in [1.165, 1.54) is 0 Å². The summed E-state index contributed by atoms with van der Waals surface area (Å²) in [5, 5.41) is 2.85. The fourth-order valence-corrected chi connectivity index (χ4v) is 1.68. The van der Waals surface area contributed by atoms with Crippen LogP contribution in [-0.2, 0) is 0 Å². The molecule has 0 aliphatic heterocycles. The largest absolute Gasteiger partial charge is 0.326 e. The Hall–Kier alpha value is -2.29. The van der Waals surface area contributed by atoms with Crippen molar-refractivity contribution in [1.82, 2.24) is 0 Å². The van der Waals surface area contributed by atoms with Crippen LogP contribution in [0.4, 0.5) is 16.2 Å². The Morgan fingerprint density at radius 3 is 2.44 bits per heavy atom. The molecule has 0 unspecified atom stereocenters. The van der Waals surface area contributed by atoms with Gasteiger partial charge in [0.15, 0.2) is 0 Å². The zero-order chi connectivity index (χ0) is 13.0. The summed E-state index contributed by atoms with van der Waals surface area (Å²) in [6, 6.07) is 17.1. The lowest BCUT2D eigenvalue weighted by Gasteiger charge is -2.18. The minimum Gasteiger partial charge on any atom is -0.308 e. The summed E-state index contributed by atoms with van der Waals surface area (Å²) in [5.41, 5.74) is 2.80. The second-order valence-corrected chi connectivity index (χ2v) is 4.19. The molecule has 2 rings (SSSR count). The molecule has 0 atom stereocenters. The van der Waals surface area contributed by atoms with E-state index in [2.05, 4.69) is 5.32 Å². The number of nitrogens with one attached hydrogen (secondary N) is 1. The first-order valence-corrected chi connectivity index (χ1v) is 5.83.